The minimum Gasteiger partial charge on any atom is -0.506 e. The van der Waals surface area contributed by atoms with Crippen molar-refractivity contribution < 1.29 is 29.1 Å². The lowest BCUT2D eigenvalue weighted by atomic mass is 9.98. The third kappa shape index (κ3) is 12.7. The molecule has 5 amide bonds. The summed E-state index contributed by atoms with van der Waals surface area (Å²) in [5.41, 5.74) is 6.51. The number of anilines is 1. The van der Waals surface area contributed by atoms with Crippen molar-refractivity contribution in [3.63, 3.8) is 0 Å². The highest BCUT2D eigenvalue weighted by Crippen LogP contribution is 2.27. The predicted octanol–water partition coefficient (Wildman–Crippen LogP) is 7.29. The van der Waals surface area contributed by atoms with Crippen LogP contribution in [0, 0.1) is 0 Å². The number of thiophene rings is 1. The van der Waals surface area contributed by atoms with Crippen LogP contribution in [0.2, 0.25) is 0 Å². The maximum Gasteiger partial charge on any atom is 0.243 e. The van der Waals surface area contributed by atoms with E-state index in [0.29, 0.717) is 17.9 Å². The maximum atomic E-state index is 14.9. The summed E-state index contributed by atoms with van der Waals surface area (Å²) in [4.78, 5) is 71.6. The molecule has 4 atom stereocenters. The number of carbonyl (C=O) groups excluding carboxylic acids is 5. The van der Waals surface area contributed by atoms with Crippen LogP contribution >= 0.6 is 11.3 Å². The van der Waals surface area contributed by atoms with E-state index in [1.165, 1.54) is 11.3 Å². The van der Waals surface area contributed by atoms with Crippen LogP contribution in [0.4, 0.5) is 5.69 Å². The van der Waals surface area contributed by atoms with E-state index < -0.39 is 47.8 Å². The molecule has 12 nitrogen and oxygen atoms in total. The zero-order valence-electron chi connectivity index (χ0n) is 36.8. The monoisotopic (exact) mass is 912 g/mol. The molecule has 340 valence electrons. The average Bonchev–Trinajstić information content (AvgIpc) is 4.00. The van der Waals surface area contributed by atoms with Crippen LogP contribution in [0.1, 0.15) is 51.7 Å². The van der Waals surface area contributed by atoms with Gasteiger partial charge in [0.25, 0.3) is 0 Å². The Morgan fingerprint density at radius 3 is 1.72 bits per heavy atom. The van der Waals surface area contributed by atoms with Crippen molar-refractivity contribution in [1.82, 2.24) is 25.8 Å². The topological polar surface area (TPSA) is 171 Å². The van der Waals surface area contributed by atoms with Gasteiger partial charge >= 0.3 is 0 Å². The van der Waals surface area contributed by atoms with Crippen molar-refractivity contribution >= 4 is 46.6 Å². The van der Waals surface area contributed by atoms with E-state index >= 15 is 0 Å². The van der Waals surface area contributed by atoms with Crippen molar-refractivity contribution in [1.29, 1.82) is 0 Å². The van der Waals surface area contributed by atoms with E-state index in [-0.39, 0.29) is 50.2 Å². The minimum absolute atomic E-state index is 0.0236. The molecule has 0 saturated heterocycles. The number of aromatic hydroxyl groups is 1. The largest absolute Gasteiger partial charge is 0.506 e. The number of benzene rings is 5. The van der Waals surface area contributed by atoms with Gasteiger partial charge in [-0.25, -0.2) is 0 Å². The van der Waals surface area contributed by atoms with Gasteiger partial charge in [0, 0.05) is 67.2 Å². The van der Waals surface area contributed by atoms with Crippen molar-refractivity contribution in [3.8, 4) is 16.9 Å². The van der Waals surface area contributed by atoms with Crippen LogP contribution in [0.5, 0.6) is 5.75 Å². The van der Waals surface area contributed by atoms with Gasteiger partial charge in [-0.3, -0.25) is 24.0 Å². The summed E-state index contributed by atoms with van der Waals surface area (Å²) in [6, 6.07) is 45.2. The summed E-state index contributed by atoms with van der Waals surface area (Å²) in [5, 5.41) is 27.7. The van der Waals surface area contributed by atoms with Crippen LogP contribution in [-0.4, -0.2) is 57.3 Å². The predicted molar refractivity (Wildman–Crippen MR) is 260 cm³/mol. The summed E-state index contributed by atoms with van der Waals surface area (Å²) >= 11 is 1.43. The first-order valence-corrected chi connectivity index (χ1v) is 23.2. The molecule has 13 heteroatoms. The number of aromatic nitrogens is 1. The second-order valence-corrected chi connectivity index (χ2v) is 17.8. The second-order valence-electron chi connectivity index (χ2n) is 16.7. The van der Waals surface area contributed by atoms with Crippen molar-refractivity contribution in [2.24, 2.45) is 0 Å². The average molecular weight is 913 g/mol. The highest BCUT2D eigenvalue weighted by Gasteiger charge is 2.32. The molecule has 0 fully saturated rings. The van der Waals surface area contributed by atoms with E-state index in [1.807, 2.05) is 149 Å². The molecular formula is C54H52N6O6S. The number of fused-ring (bicyclic) bond motifs is 18. The van der Waals surface area contributed by atoms with Gasteiger partial charge < -0.3 is 36.3 Å². The fourth-order valence-electron chi connectivity index (χ4n) is 8.25. The Balaban J connectivity index is 1.16. The second kappa shape index (κ2) is 21.9. The Labute approximate surface area is 393 Å². The fourth-order valence-corrected chi connectivity index (χ4v) is 9.01. The molecule has 0 aliphatic carbocycles. The summed E-state index contributed by atoms with van der Waals surface area (Å²) in [5.74, 6) is -2.54. The third-order valence-electron chi connectivity index (χ3n) is 11.7. The van der Waals surface area contributed by atoms with E-state index in [9.17, 15) is 29.1 Å². The lowest BCUT2D eigenvalue weighted by Crippen LogP contribution is -2.58. The Morgan fingerprint density at radius 2 is 1.09 bits per heavy atom. The van der Waals surface area contributed by atoms with Gasteiger partial charge in [-0.15, -0.1) is 11.3 Å². The van der Waals surface area contributed by atoms with Crippen LogP contribution in [-0.2, 0) is 56.2 Å². The molecule has 2 aliphatic rings. The number of nitrogens with zero attached hydrogens (tertiary/aromatic N) is 1. The van der Waals surface area contributed by atoms with Crippen LogP contribution in [0.15, 0.2) is 169 Å². The Hall–Kier alpha value is -7.77. The van der Waals surface area contributed by atoms with Gasteiger partial charge in [0.15, 0.2) is 0 Å². The maximum absolute atomic E-state index is 14.9. The third-order valence-corrected chi connectivity index (χ3v) is 12.6. The van der Waals surface area contributed by atoms with Crippen molar-refractivity contribution in [2.45, 2.75) is 69.2 Å². The Kier molecular flexibility index (Phi) is 15.0. The Morgan fingerprint density at radius 1 is 0.537 bits per heavy atom. The SMILES string of the molecule is O=C1CCC(=O)NC(Cc2cccs2)C(=O)NC(Cc2ccc(-c3ccccc3)cc2)C(=O)NC(Cc2ccccc2)C(=O)NC(c2cc(O)cn2Cc2ccccc2)Cc2ccc(cc2)N1. The van der Waals surface area contributed by atoms with Gasteiger partial charge in [0.1, 0.15) is 23.9 Å². The smallest absolute Gasteiger partial charge is 0.243 e. The molecule has 0 spiro atoms. The normalized spacial score (nSPS) is 18.7. The molecule has 5 aromatic carbocycles. The van der Waals surface area contributed by atoms with Crippen LogP contribution in [0.25, 0.3) is 11.1 Å². The van der Waals surface area contributed by atoms with Crippen molar-refractivity contribution in [3.05, 3.63) is 202 Å². The summed E-state index contributed by atoms with van der Waals surface area (Å²) in [7, 11) is 0. The van der Waals surface area contributed by atoms with Gasteiger partial charge in [0.05, 0.1) is 6.04 Å². The molecule has 2 aromatic heterocycles. The number of amides is 5. The van der Waals surface area contributed by atoms with Crippen molar-refractivity contribution in [2.75, 3.05) is 5.32 Å². The number of hydrogen-bond donors (Lipinski definition) is 6. The van der Waals surface area contributed by atoms with Gasteiger partial charge in [-0.05, 0) is 63.4 Å². The highest BCUT2D eigenvalue weighted by molar-refractivity contribution is 7.09. The van der Waals surface area contributed by atoms with Crippen LogP contribution < -0.4 is 26.6 Å². The highest BCUT2D eigenvalue weighted by atomic mass is 32.1. The lowest BCUT2D eigenvalue weighted by Gasteiger charge is -2.27. The van der Waals surface area contributed by atoms with Gasteiger partial charge in [0.2, 0.25) is 29.5 Å². The zero-order valence-corrected chi connectivity index (χ0v) is 37.6. The lowest BCUT2D eigenvalue weighted by molar-refractivity contribution is -0.134. The molecule has 9 rings (SSSR count). The fraction of sp³-hybridized carbons (Fsp3) is 0.204. The van der Waals surface area contributed by atoms with Gasteiger partial charge in [-0.2, -0.15) is 0 Å². The molecule has 4 heterocycles. The van der Waals surface area contributed by atoms with Gasteiger partial charge in [-0.1, -0.05) is 133 Å². The molecule has 0 radical (unpaired) electrons. The van der Waals surface area contributed by atoms with E-state index in [1.54, 1.807) is 24.4 Å². The summed E-state index contributed by atoms with van der Waals surface area (Å²) < 4.78 is 1.90. The zero-order chi connectivity index (χ0) is 46.5. The van der Waals surface area contributed by atoms with Crippen LogP contribution in [0.3, 0.4) is 0 Å². The molecule has 0 saturated carbocycles. The molecule has 67 heavy (non-hydrogen) atoms. The quantitative estimate of drug-likeness (QED) is 0.0788. The van der Waals surface area contributed by atoms with E-state index in [0.717, 1.165) is 38.3 Å². The Bertz CT molecular complexity index is 2760. The molecule has 2 aliphatic heterocycles. The molecular weight excluding hydrogens is 861 g/mol. The molecule has 6 N–H and O–H groups in total. The van der Waals surface area contributed by atoms with E-state index in [4.69, 9.17) is 0 Å². The number of carbonyl (C=O) groups is 5. The summed E-state index contributed by atoms with van der Waals surface area (Å²) in [6.07, 6.45) is 1.94. The first-order chi connectivity index (χ1) is 32.6. The number of rotatable bonds is 10. The molecule has 7 aromatic rings. The first-order valence-electron chi connectivity index (χ1n) is 22.3. The van der Waals surface area contributed by atoms with E-state index in [2.05, 4.69) is 26.6 Å². The molecule has 4 unspecified atom stereocenters. The molecule has 2 bridgehead atoms. The summed E-state index contributed by atoms with van der Waals surface area (Å²) in [6.45, 7) is 0.413. The number of nitrogens with one attached hydrogen (secondary N) is 5. The minimum atomic E-state index is -1.18. The number of hydrogen-bond acceptors (Lipinski definition) is 7. The first kappa shape index (κ1) is 45.8. The standard InChI is InChI=1S/C54H52N6O6S/c61-43-32-49(60(35-43)34-39-13-6-2-7-14-39)45-29-38-20-24-42(25-21-38)55-50(62)26-27-51(63)56-48(33-44-17-10-28-67-44)54(66)59-47(31-37-18-22-41(23-19-37)40-15-8-3-9-16-40)53(65)58-46(52(64)57-45)30-36-11-4-1-5-12-36/h1-25,28,32,35,45-48,61H,26-27,29-31,33-34H2,(H,55,62)(H,56,63)(H,57,64)(H,58,65)(H,59,66).